The molecule has 1 fully saturated rings. The predicted molar refractivity (Wildman–Crippen MR) is 114 cm³/mol. The summed E-state index contributed by atoms with van der Waals surface area (Å²) in [6.45, 7) is -0.108. The third kappa shape index (κ3) is 3.67. The van der Waals surface area contributed by atoms with Crippen molar-refractivity contribution in [3.8, 4) is 5.75 Å². The van der Waals surface area contributed by atoms with Crippen LogP contribution in [0.4, 0.5) is 11.6 Å². The number of hydrogen-bond acceptors (Lipinski definition) is 7. The number of para-hydroxylation sites is 1. The second-order valence-corrected chi connectivity index (χ2v) is 7.65. The van der Waals surface area contributed by atoms with Gasteiger partial charge in [0.25, 0.3) is 0 Å². The maximum Gasteiger partial charge on any atom is 0.227 e. The van der Waals surface area contributed by atoms with E-state index in [-0.39, 0.29) is 18.8 Å². The van der Waals surface area contributed by atoms with Crippen LogP contribution in [0.15, 0.2) is 42.6 Å². The van der Waals surface area contributed by atoms with E-state index < -0.39 is 0 Å². The van der Waals surface area contributed by atoms with Crippen LogP contribution in [0.2, 0.25) is 0 Å². The second kappa shape index (κ2) is 7.89. The first-order valence-corrected chi connectivity index (χ1v) is 10.1. The summed E-state index contributed by atoms with van der Waals surface area (Å²) in [5.74, 6) is 1.20. The summed E-state index contributed by atoms with van der Waals surface area (Å²) in [5, 5.41) is 31.1. The number of rotatable bonds is 5. The number of fused-ring (bicyclic) bond motifs is 2. The van der Waals surface area contributed by atoms with E-state index in [0.717, 1.165) is 58.9 Å². The van der Waals surface area contributed by atoms with Crippen molar-refractivity contribution in [2.24, 2.45) is 0 Å². The molecular weight excluding hydrogens is 382 g/mol. The van der Waals surface area contributed by atoms with Crippen LogP contribution >= 0.6 is 0 Å². The number of nitrogens with zero attached hydrogens (tertiary/aromatic N) is 3. The van der Waals surface area contributed by atoms with Crippen molar-refractivity contribution < 1.29 is 14.9 Å². The standard InChI is InChI=1S/C22H23N5O3/c28-12-19-17-9-4-14(10-18(17)26-27-19)24-22-23-11-13-2-1-3-20(21(13)25-22)30-16-7-5-15(29)6-8-16/h1-4,9-11,15-16,28-29H,5-8,12H2,(H,26,27)(H,23,24,25)/t15-,16+. The fourth-order valence-electron chi connectivity index (χ4n) is 3.93. The first-order valence-electron chi connectivity index (χ1n) is 10.1. The molecule has 154 valence electrons. The highest BCUT2D eigenvalue weighted by Crippen LogP contribution is 2.30. The van der Waals surface area contributed by atoms with E-state index in [1.165, 1.54) is 0 Å². The third-order valence-corrected chi connectivity index (χ3v) is 5.56. The summed E-state index contributed by atoms with van der Waals surface area (Å²) in [6.07, 6.45) is 4.88. The molecule has 8 heteroatoms. The van der Waals surface area contributed by atoms with Gasteiger partial charge in [0.2, 0.25) is 5.95 Å². The highest BCUT2D eigenvalue weighted by Gasteiger charge is 2.21. The van der Waals surface area contributed by atoms with E-state index in [4.69, 9.17) is 4.74 Å². The van der Waals surface area contributed by atoms with Crippen molar-refractivity contribution in [1.29, 1.82) is 0 Å². The molecule has 30 heavy (non-hydrogen) atoms. The Kier molecular flexibility index (Phi) is 4.94. The summed E-state index contributed by atoms with van der Waals surface area (Å²) in [7, 11) is 0. The van der Waals surface area contributed by atoms with Gasteiger partial charge in [0.05, 0.1) is 30.0 Å². The van der Waals surface area contributed by atoms with Crippen molar-refractivity contribution >= 4 is 33.4 Å². The van der Waals surface area contributed by atoms with Crippen molar-refractivity contribution in [2.45, 2.75) is 44.5 Å². The molecule has 0 radical (unpaired) electrons. The Morgan fingerprint density at radius 2 is 2.00 bits per heavy atom. The average molecular weight is 405 g/mol. The number of benzene rings is 2. The van der Waals surface area contributed by atoms with Crippen LogP contribution in [0, 0.1) is 0 Å². The molecule has 4 aromatic rings. The van der Waals surface area contributed by atoms with E-state index >= 15 is 0 Å². The number of nitrogens with one attached hydrogen (secondary N) is 2. The van der Waals surface area contributed by atoms with Crippen LogP contribution in [0.5, 0.6) is 5.75 Å². The van der Waals surface area contributed by atoms with E-state index in [1.54, 1.807) is 6.20 Å². The Balaban J connectivity index is 1.41. The average Bonchev–Trinajstić information content (AvgIpc) is 3.18. The maximum absolute atomic E-state index is 9.72. The van der Waals surface area contributed by atoms with Crippen molar-refractivity contribution in [3.05, 3.63) is 48.3 Å². The van der Waals surface area contributed by atoms with Gasteiger partial charge in [-0.15, -0.1) is 0 Å². The molecule has 0 bridgehead atoms. The molecule has 5 rings (SSSR count). The van der Waals surface area contributed by atoms with Crippen LogP contribution in [0.25, 0.3) is 21.8 Å². The highest BCUT2D eigenvalue weighted by atomic mass is 16.5. The molecule has 1 saturated carbocycles. The van der Waals surface area contributed by atoms with Gasteiger partial charge >= 0.3 is 0 Å². The molecule has 1 aliphatic rings. The van der Waals surface area contributed by atoms with Gasteiger partial charge in [0.15, 0.2) is 0 Å². The second-order valence-electron chi connectivity index (χ2n) is 7.65. The van der Waals surface area contributed by atoms with Crippen LogP contribution in [-0.4, -0.2) is 42.6 Å². The number of H-pyrrole nitrogens is 1. The van der Waals surface area contributed by atoms with Gasteiger partial charge in [0, 0.05) is 22.7 Å². The van der Waals surface area contributed by atoms with Crippen LogP contribution < -0.4 is 10.1 Å². The van der Waals surface area contributed by atoms with Gasteiger partial charge in [-0.1, -0.05) is 12.1 Å². The summed E-state index contributed by atoms with van der Waals surface area (Å²) >= 11 is 0. The molecule has 1 aliphatic carbocycles. The van der Waals surface area contributed by atoms with E-state index in [9.17, 15) is 10.2 Å². The van der Waals surface area contributed by atoms with Crippen molar-refractivity contribution in [1.82, 2.24) is 20.2 Å². The van der Waals surface area contributed by atoms with E-state index in [2.05, 4.69) is 25.5 Å². The summed E-state index contributed by atoms with van der Waals surface area (Å²) in [4.78, 5) is 9.11. The van der Waals surface area contributed by atoms with Crippen LogP contribution in [-0.2, 0) is 6.61 Å². The number of aliphatic hydroxyl groups is 2. The number of aromatic nitrogens is 4. The molecule has 0 aliphatic heterocycles. The normalized spacial score (nSPS) is 19.3. The van der Waals surface area contributed by atoms with Crippen molar-refractivity contribution in [3.63, 3.8) is 0 Å². The molecule has 4 N–H and O–H groups in total. The smallest absolute Gasteiger partial charge is 0.227 e. The molecule has 2 heterocycles. The molecule has 0 saturated heterocycles. The van der Waals surface area contributed by atoms with Gasteiger partial charge in [-0.2, -0.15) is 5.10 Å². The molecule has 2 aromatic heterocycles. The Bertz CT molecular complexity index is 1180. The highest BCUT2D eigenvalue weighted by molar-refractivity contribution is 5.87. The largest absolute Gasteiger partial charge is 0.488 e. The summed E-state index contributed by atoms with van der Waals surface area (Å²) in [5.41, 5.74) is 3.02. The Morgan fingerprint density at radius 3 is 2.83 bits per heavy atom. The minimum atomic E-state index is -0.212. The lowest BCUT2D eigenvalue weighted by Crippen LogP contribution is -2.26. The third-order valence-electron chi connectivity index (χ3n) is 5.56. The lowest BCUT2D eigenvalue weighted by atomic mass is 9.95. The van der Waals surface area contributed by atoms with Crippen molar-refractivity contribution in [2.75, 3.05) is 5.32 Å². The van der Waals surface area contributed by atoms with Crippen LogP contribution in [0.1, 0.15) is 31.4 Å². The zero-order valence-corrected chi connectivity index (χ0v) is 16.4. The lowest BCUT2D eigenvalue weighted by Gasteiger charge is -2.26. The zero-order chi connectivity index (χ0) is 20.5. The number of hydrogen-bond donors (Lipinski definition) is 4. The first kappa shape index (κ1) is 18.8. The quantitative estimate of drug-likeness (QED) is 0.402. The Labute approximate surface area is 172 Å². The number of aromatic amines is 1. The monoisotopic (exact) mass is 405 g/mol. The predicted octanol–water partition coefficient (Wildman–Crippen LogP) is 3.42. The molecule has 0 spiro atoms. The first-order chi connectivity index (χ1) is 14.7. The number of anilines is 2. The van der Waals surface area contributed by atoms with E-state index in [0.29, 0.717) is 11.6 Å². The molecule has 8 nitrogen and oxygen atoms in total. The molecule has 0 atom stereocenters. The van der Waals surface area contributed by atoms with Crippen LogP contribution in [0.3, 0.4) is 0 Å². The summed E-state index contributed by atoms with van der Waals surface area (Å²) < 4.78 is 6.23. The van der Waals surface area contributed by atoms with E-state index in [1.807, 2.05) is 36.4 Å². The molecular formula is C22H23N5O3. The molecule has 0 amide bonds. The van der Waals surface area contributed by atoms with Gasteiger partial charge in [-0.05, 0) is 49.9 Å². The Hall–Kier alpha value is -3.23. The van der Waals surface area contributed by atoms with Gasteiger partial charge < -0.3 is 20.3 Å². The molecule has 0 unspecified atom stereocenters. The summed E-state index contributed by atoms with van der Waals surface area (Å²) in [6, 6.07) is 11.5. The topological polar surface area (TPSA) is 116 Å². The lowest BCUT2D eigenvalue weighted by molar-refractivity contribution is 0.0672. The minimum Gasteiger partial charge on any atom is -0.488 e. The Morgan fingerprint density at radius 1 is 1.13 bits per heavy atom. The van der Waals surface area contributed by atoms with Gasteiger partial charge in [0.1, 0.15) is 11.3 Å². The fraction of sp³-hybridized carbons (Fsp3) is 0.318. The minimum absolute atomic E-state index is 0.0916. The SMILES string of the molecule is OCc1n[nH]c2cc(Nc3ncc4cccc(O[C@H]5CC[C@@H](O)CC5)c4n3)ccc12. The fourth-order valence-corrected chi connectivity index (χ4v) is 3.93. The zero-order valence-electron chi connectivity index (χ0n) is 16.4. The maximum atomic E-state index is 9.72. The number of aliphatic hydroxyl groups excluding tert-OH is 2. The molecule has 2 aromatic carbocycles. The van der Waals surface area contributed by atoms with Gasteiger partial charge in [-0.25, -0.2) is 9.97 Å². The van der Waals surface area contributed by atoms with Gasteiger partial charge in [-0.3, -0.25) is 5.10 Å². The number of ether oxygens (including phenoxy) is 1.